The van der Waals surface area contributed by atoms with Crippen LogP contribution in [-0.4, -0.2) is 45.7 Å². The summed E-state index contributed by atoms with van der Waals surface area (Å²) < 4.78 is 0. The maximum Gasteiger partial charge on any atom is 0.345 e. The number of carboxylic acids is 1. The van der Waals surface area contributed by atoms with Crippen LogP contribution in [-0.2, 0) is 11.2 Å². The Balaban J connectivity index is 1.49. The van der Waals surface area contributed by atoms with Gasteiger partial charge in [-0.05, 0) is 49.3 Å². The van der Waals surface area contributed by atoms with Gasteiger partial charge >= 0.3 is 5.97 Å². The normalized spacial score (nSPS) is 17.9. The van der Waals surface area contributed by atoms with Crippen molar-refractivity contribution in [3.05, 3.63) is 69.9 Å². The summed E-state index contributed by atoms with van der Waals surface area (Å²) in [4.78, 5) is 25.9. The number of benzene rings is 1. The molecular formula is C26H29NO4S. The molecule has 1 saturated heterocycles. The number of aryl methyl sites for hydroxylation is 1. The molecule has 0 saturated carbocycles. The van der Waals surface area contributed by atoms with Gasteiger partial charge in [0.05, 0.1) is 23.6 Å². The summed E-state index contributed by atoms with van der Waals surface area (Å²) in [5.74, 6) is 5.16. The molecule has 1 amide bonds. The predicted molar refractivity (Wildman–Crippen MR) is 127 cm³/mol. The van der Waals surface area contributed by atoms with E-state index in [9.17, 15) is 14.7 Å². The number of nitrogens with zero attached hydrogens (tertiary/aromatic N) is 1. The van der Waals surface area contributed by atoms with Crippen LogP contribution in [0, 0.1) is 17.8 Å². The van der Waals surface area contributed by atoms with Crippen LogP contribution >= 0.6 is 11.3 Å². The average Bonchev–Trinajstić information content (AvgIpc) is 3.40. The highest BCUT2D eigenvalue weighted by molar-refractivity contribution is 7.14. The first-order chi connectivity index (χ1) is 15.4. The lowest BCUT2D eigenvalue weighted by atomic mass is 9.95. The molecular weight excluding hydrogens is 422 g/mol. The number of thiophene rings is 1. The van der Waals surface area contributed by atoms with Crippen LogP contribution in [0.5, 0.6) is 0 Å². The smallest absolute Gasteiger partial charge is 0.345 e. The molecule has 3 rings (SSSR count). The zero-order chi connectivity index (χ0) is 22.9. The topological polar surface area (TPSA) is 77.8 Å². The average molecular weight is 452 g/mol. The number of likely N-dealkylation sites (tertiary alicyclic amines) is 1. The van der Waals surface area contributed by atoms with Crippen LogP contribution in [0.2, 0.25) is 0 Å². The lowest BCUT2D eigenvalue weighted by molar-refractivity contribution is -0.127. The largest absolute Gasteiger partial charge is 0.477 e. The molecule has 32 heavy (non-hydrogen) atoms. The van der Waals surface area contributed by atoms with Gasteiger partial charge in [-0.25, -0.2) is 4.79 Å². The minimum Gasteiger partial charge on any atom is -0.477 e. The first kappa shape index (κ1) is 23.8. The van der Waals surface area contributed by atoms with Gasteiger partial charge in [0, 0.05) is 6.42 Å². The molecule has 168 valence electrons. The highest BCUT2D eigenvalue weighted by Crippen LogP contribution is 2.21. The van der Waals surface area contributed by atoms with Gasteiger partial charge in [-0.1, -0.05) is 61.2 Å². The molecule has 0 radical (unpaired) electrons. The fraction of sp³-hybridized carbons (Fsp3) is 0.385. The Morgan fingerprint density at radius 1 is 1.28 bits per heavy atom. The number of hydrogen-bond donors (Lipinski definition) is 2. The van der Waals surface area contributed by atoms with E-state index in [1.165, 1.54) is 11.6 Å². The molecule has 1 fully saturated rings. The van der Waals surface area contributed by atoms with E-state index in [0.29, 0.717) is 17.7 Å². The van der Waals surface area contributed by atoms with Crippen LogP contribution in [0.15, 0.2) is 54.6 Å². The van der Waals surface area contributed by atoms with E-state index in [0.717, 1.165) is 30.6 Å². The second-order valence-corrected chi connectivity index (χ2v) is 9.21. The fourth-order valence-corrected chi connectivity index (χ4v) is 4.49. The van der Waals surface area contributed by atoms with E-state index in [4.69, 9.17) is 5.11 Å². The number of carbonyl (C=O) groups is 2. The number of carboxylic acid groups (broad SMARTS) is 1. The second-order valence-electron chi connectivity index (χ2n) is 8.13. The third-order valence-electron chi connectivity index (χ3n) is 5.73. The summed E-state index contributed by atoms with van der Waals surface area (Å²) in [6.45, 7) is 2.34. The van der Waals surface area contributed by atoms with Crippen LogP contribution < -0.4 is 0 Å². The quantitative estimate of drug-likeness (QED) is 0.439. The van der Waals surface area contributed by atoms with Gasteiger partial charge in [-0.15, -0.1) is 11.3 Å². The van der Waals surface area contributed by atoms with E-state index in [2.05, 4.69) is 30.9 Å². The molecule has 1 aliphatic heterocycles. The molecule has 0 spiro atoms. The molecule has 0 bridgehead atoms. The first-order valence-electron chi connectivity index (χ1n) is 11.0. The molecule has 1 aromatic heterocycles. The monoisotopic (exact) mass is 451 g/mol. The molecule has 1 aliphatic rings. The maximum atomic E-state index is 12.3. The zero-order valence-corrected chi connectivity index (χ0v) is 19.1. The molecule has 6 heteroatoms. The number of amides is 1. The molecule has 1 aromatic carbocycles. The number of hydrogen-bond acceptors (Lipinski definition) is 4. The Labute approximate surface area is 193 Å². The fourth-order valence-electron chi connectivity index (χ4n) is 3.77. The summed E-state index contributed by atoms with van der Waals surface area (Å²) in [5, 5.41) is 19.5. The number of aliphatic hydroxyl groups is 1. The maximum absolute atomic E-state index is 12.3. The summed E-state index contributed by atoms with van der Waals surface area (Å²) in [6.07, 6.45) is 7.34. The van der Waals surface area contributed by atoms with Crippen LogP contribution in [0.3, 0.4) is 0 Å². The number of rotatable bonds is 9. The standard InChI is InChI=1S/C26H29NO4S/c1-19(7-5-10-20-8-3-2-4-9-20)23(28)15-12-21-13-17-25(29)27(21)18-6-11-22-14-16-24(32-22)26(30)31/h2-4,8-9,12,14-16,19,21,23,28H,5,7,10,13,17-18H2,1H3,(H,30,31)/t19?,21-,23+/m0/s1. The molecule has 0 aliphatic carbocycles. The summed E-state index contributed by atoms with van der Waals surface area (Å²) in [7, 11) is 0. The highest BCUT2D eigenvalue weighted by Gasteiger charge is 2.28. The van der Waals surface area contributed by atoms with Crippen molar-refractivity contribution in [2.75, 3.05) is 6.54 Å². The molecule has 2 aromatic rings. The van der Waals surface area contributed by atoms with Crippen LogP contribution in [0.4, 0.5) is 0 Å². The summed E-state index contributed by atoms with van der Waals surface area (Å²) in [5.41, 5.74) is 1.31. The molecule has 5 nitrogen and oxygen atoms in total. The molecule has 2 N–H and O–H groups in total. The van der Waals surface area contributed by atoms with Gasteiger partial charge < -0.3 is 15.1 Å². The number of aliphatic hydroxyl groups excluding tert-OH is 1. The number of aromatic carboxylic acids is 1. The van der Waals surface area contributed by atoms with Gasteiger partial charge in [0.2, 0.25) is 5.91 Å². The van der Waals surface area contributed by atoms with Crippen molar-refractivity contribution in [1.29, 1.82) is 0 Å². The Morgan fingerprint density at radius 3 is 2.78 bits per heavy atom. The highest BCUT2D eigenvalue weighted by atomic mass is 32.1. The van der Waals surface area contributed by atoms with Crippen molar-refractivity contribution in [3.8, 4) is 11.8 Å². The van der Waals surface area contributed by atoms with E-state index >= 15 is 0 Å². The van der Waals surface area contributed by atoms with Gasteiger partial charge in [0.25, 0.3) is 0 Å². The Morgan fingerprint density at radius 2 is 2.06 bits per heavy atom. The first-order valence-corrected chi connectivity index (χ1v) is 11.8. The van der Waals surface area contributed by atoms with Crippen molar-refractivity contribution in [2.45, 2.75) is 51.2 Å². The SMILES string of the molecule is CC(CCCc1ccccc1)[C@H](O)C=C[C@H]1CCC(=O)N1CC#Cc1ccc(C(=O)O)s1. The van der Waals surface area contributed by atoms with E-state index in [-0.39, 0.29) is 29.3 Å². The predicted octanol–water partition coefficient (Wildman–Crippen LogP) is 4.36. The Kier molecular flexibility index (Phi) is 8.66. The van der Waals surface area contributed by atoms with Gasteiger partial charge in [-0.3, -0.25) is 4.79 Å². The van der Waals surface area contributed by atoms with Crippen molar-refractivity contribution in [3.63, 3.8) is 0 Å². The van der Waals surface area contributed by atoms with Crippen molar-refractivity contribution in [2.24, 2.45) is 5.92 Å². The van der Waals surface area contributed by atoms with Gasteiger partial charge in [0.15, 0.2) is 0 Å². The lowest BCUT2D eigenvalue weighted by Crippen LogP contribution is -2.32. The third kappa shape index (κ3) is 6.81. The summed E-state index contributed by atoms with van der Waals surface area (Å²) >= 11 is 1.12. The van der Waals surface area contributed by atoms with E-state index in [1.54, 1.807) is 11.0 Å². The van der Waals surface area contributed by atoms with Crippen molar-refractivity contribution < 1.29 is 19.8 Å². The Bertz CT molecular complexity index is 1000. The third-order valence-corrected chi connectivity index (χ3v) is 6.72. The molecule has 2 heterocycles. The molecule has 3 atom stereocenters. The minimum absolute atomic E-state index is 0.0525. The number of carbonyl (C=O) groups excluding carboxylic acids is 1. The van der Waals surface area contributed by atoms with E-state index < -0.39 is 12.1 Å². The molecule has 1 unspecified atom stereocenters. The van der Waals surface area contributed by atoms with E-state index in [1.807, 2.05) is 30.4 Å². The zero-order valence-electron chi connectivity index (χ0n) is 18.2. The van der Waals surface area contributed by atoms with Gasteiger partial charge in [-0.2, -0.15) is 0 Å². The summed E-state index contributed by atoms with van der Waals surface area (Å²) in [6, 6.07) is 13.5. The lowest BCUT2D eigenvalue weighted by Gasteiger charge is -2.21. The minimum atomic E-state index is -0.962. The Hall–Kier alpha value is -2.88. The van der Waals surface area contributed by atoms with Crippen LogP contribution in [0.25, 0.3) is 0 Å². The second kappa shape index (κ2) is 11.7. The van der Waals surface area contributed by atoms with Gasteiger partial charge in [0.1, 0.15) is 4.88 Å². The van der Waals surface area contributed by atoms with Crippen LogP contribution in [0.1, 0.15) is 52.7 Å². The van der Waals surface area contributed by atoms with Crippen molar-refractivity contribution in [1.82, 2.24) is 4.90 Å². The van der Waals surface area contributed by atoms with Crippen molar-refractivity contribution >= 4 is 23.2 Å².